The Balaban J connectivity index is 1.84. The number of hydrogen-bond acceptors (Lipinski definition) is 4. The summed E-state index contributed by atoms with van der Waals surface area (Å²) in [6.07, 6.45) is 5.97. The van der Waals surface area contributed by atoms with Crippen LogP contribution in [0.25, 0.3) is 22.8 Å². The van der Waals surface area contributed by atoms with Crippen LogP contribution >= 0.6 is 0 Å². The van der Waals surface area contributed by atoms with E-state index in [1.54, 1.807) is 30.7 Å². The molecule has 1 atom stereocenters. The number of nitrogens with one attached hydrogen (secondary N) is 1. The molecule has 128 valence electrons. The summed E-state index contributed by atoms with van der Waals surface area (Å²) >= 11 is 0. The molecule has 0 radical (unpaired) electrons. The van der Waals surface area contributed by atoms with Gasteiger partial charge >= 0.3 is 0 Å². The van der Waals surface area contributed by atoms with Gasteiger partial charge in [-0.15, -0.1) is 0 Å². The number of aromatic nitrogens is 4. The second-order valence-electron chi connectivity index (χ2n) is 6.08. The molecule has 1 unspecified atom stereocenters. The molecule has 1 aromatic carbocycles. The lowest BCUT2D eigenvalue weighted by Crippen LogP contribution is -2.24. The number of imidazole rings is 2. The second-order valence-corrected chi connectivity index (χ2v) is 6.08. The number of likely N-dealkylation sites (N-methyl/N-ethyl adjacent to an activating group) is 1. The molecule has 7 nitrogen and oxygen atoms in total. The van der Waals surface area contributed by atoms with Crippen molar-refractivity contribution in [2.75, 3.05) is 20.7 Å². The summed E-state index contributed by atoms with van der Waals surface area (Å²) in [6.45, 7) is 0.747. The maximum absolute atomic E-state index is 12.5. The number of methoxy groups -OCH3 is 1. The number of carbonyl (C=O) groups excluding carboxylic acids is 1. The molecule has 1 aliphatic rings. The number of H-pyrrole nitrogens is 1. The van der Waals surface area contributed by atoms with Crippen LogP contribution in [0.2, 0.25) is 0 Å². The van der Waals surface area contributed by atoms with Gasteiger partial charge in [-0.1, -0.05) is 0 Å². The molecule has 7 heteroatoms. The molecule has 25 heavy (non-hydrogen) atoms. The van der Waals surface area contributed by atoms with Crippen molar-refractivity contribution >= 4 is 5.91 Å². The quantitative estimate of drug-likeness (QED) is 0.793. The van der Waals surface area contributed by atoms with Crippen LogP contribution in [0.1, 0.15) is 12.5 Å². The van der Waals surface area contributed by atoms with Gasteiger partial charge in [0.15, 0.2) is 5.82 Å². The summed E-state index contributed by atoms with van der Waals surface area (Å²) in [4.78, 5) is 26.4. The predicted octanol–water partition coefficient (Wildman–Crippen LogP) is 2.35. The van der Waals surface area contributed by atoms with Gasteiger partial charge in [-0.2, -0.15) is 0 Å². The van der Waals surface area contributed by atoms with Crippen LogP contribution in [0.15, 0.2) is 43.0 Å². The number of hydrogen-bond donors (Lipinski definition) is 1. The monoisotopic (exact) mass is 337 g/mol. The standard InChI is InChI=1S/C18H19N5O2/c1-22-10-7-14(18(22)24)23-11-21-15(16(23)17-19-8-9-20-17)12-3-5-13(25-2)6-4-12/h3-6,8-9,11,14H,7,10H2,1-2H3,(H,19,20). The third kappa shape index (κ3) is 2.57. The Morgan fingerprint density at radius 1 is 1.24 bits per heavy atom. The zero-order valence-electron chi connectivity index (χ0n) is 14.1. The van der Waals surface area contributed by atoms with Crippen molar-refractivity contribution in [1.82, 2.24) is 24.4 Å². The van der Waals surface area contributed by atoms with Crippen molar-refractivity contribution in [1.29, 1.82) is 0 Å². The highest BCUT2D eigenvalue weighted by Gasteiger charge is 2.33. The third-order valence-corrected chi connectivity index (χ3v) is 4.61. The lowest BCUT2D eigenvalue weighted by atomic mass is 10.1. The molecule has 1 amide bonds. The van der Waals surface area contributed by atoms with E-state index in [0.717, 1.165) is 35.7 Å². The van der Waals surface area contributed by atoms with Gasteiger partial charge in [-0.05, 0) is 30.7 Å². The van der Waals surface area contributed by atoms with Gasteiger partial charge in [0, 0.05) is 31.5 Å². The van der Waals surface area contributed by atoms with Gasteiger partial charge in [0.1, 0.15) is 17.5 Å². The number of nitrogens with zero attached hydrogens (tertiary/aromatic N) is 4. The minimum Gasteiger partial charge on any atom is -0.497 e. The predicted molar refractivity (Wildman–Crippen MR) is 93.1 cm³/mol. The van der Waals surface area contributed by atoms with Crippen LogP contribution in [0.5, 0.6) is 5.75 Å². The molecule has 1 saturated heterocycles. The average molecular weight is 337 g/mol. The topological polar surface area (TPSA) is 76.0 Å². The zero-order chi connectivity index (χ0) is 17.4. The molecule has 4 rings (SSSR count). The van der Waals surface area contributed by atoms with E-state index in [4.69, 9.17) is 4.74 Å². The van der Waals surface area contributed by atoms with E-state index in [0.29, 0.717) is 5.82 Å². The largest absolute Gasteiger partial charge is 0.497 e. The van der Waals surface area contributed by atoms with E-state index < -0.39 is 0 Å². The normalized spacial score (nSPS) is 17.3. The molecule has 2 aromatic heterocycles. The molecule has 0 aliphatic carbocycles. The average Bonchev–Trinajstić information content (AvgIpc) is 3.36. The molecule has 3 heterocycles. The first-order valence-electron chi connectivity index (χ1n) is 8.15. The Morgan fingerprint density at radius 2 is 2.04 bits per heavy atom. The Labute approximate surface area is 145 Å². The molecule has 1 fully saturated rings. The number of ether oxygens (including phenoxy) is 1. The molecular formula is C18H19N5O2. The Bertz CT molecular complexity index is 883. The van der Waals surface area contributed by atoms with Gasteiger partial charge in [0.2, 0.25) is 5.91 Å². The van der Waals surface area contributed by atoms with Crippen molar-refractivity contribution in [3.05, 3.63) is 43.0 Å². The summed E-state index contributed by atoms with van der Waals surface area (Å²) in [5.74, 6) is 1.59. The van der Waals surface area contributed by atoms with E-state index in [1.807, 2.05) is 35.9 Å². The van der Waals surface area contributed by atoms with Crippen LogP contribution in [-0.4, -0.2) is 51.0 Å². The van der Waals surface area contributed by atoms with Crippen LogP contribution < -0.4 is 4.74 Å². The van der Waals surface area contributed by atoms with Crippen molar-refractivity contribution in [3.63, 3.8) is 0 Å². The number of likely N-dealkylation sites (tertiary alicyclic amines) is 1. The molecule has 1 N–H and O–H groups in total. The maximum Gasteiger partial charge on any atom is 0.245 e. The van der Waals surface area contributed by atoms with Crippen LogP contribution in [0.3, 0.4) is 0 Å². The smallest absolute Gasteiger partial charge is 0.245 e. The van der Waals surface area contributed by atoms with E-state index in [1.165, 1.54) is 0 Å². The van der Waals surface area contributed by atoms with E-state index in [9.17, 15) is 4.79 Å². The second kappa shape index (κ2) is 6.08. The first-order valence-corrected chi connectivity index (χ1v) is 8.15. The summed E-state index contributed by atoms with van der Waals surface area (Å²) < 4.78 is 7.16. The number of amides is 1. The SMILES string of the molecule is COc1ccc(-c2ncn(C3CCN(C)C3=O)c2-c2ncc[nH]2)cc1. The maximum atomic E-state index is 12.5. The van der Waals surface area contributed by atoms with Gasteiger partial charge in [0.25, 0.3) is 0 Å². The van der Waals surface area contributed by atoms with Crippen LogP contribution in [0, 0.1) is 0 Å². The zero-order valence-corrected chi connectivity index (χ0v) is 14.1. The number of rotatable bonds is 4. The molecule has 0 saturated carbocycles. The van der Waals surface area contributed by atoms with Gasteiger partial charge in [-0.25, -0.2) is 9.97 Å². The highest BCUT2D eigenvalue weighted by Crippen LogP contribution is 2.34. The highest BCUT2D eigenvalue weighted by atomic mass is 16.5. The minimum absolute atomic E-state index is 0.103. The first-order chi connectivity index (χ1) is 12.2. The first kappa shape index (κ1) is 15.4. The Kier molecular flexibility index (Phi) is 3.76. The molecular weight excluding hydrogens is 318 g/mol. The molecule has 3 aromatic rings. The van der Waals surface area contributed by atoms with E-state index in [-0.39, 0.29) is 11.9 Å². The molecule has 0 bridgehead atoms. The number of benzene rings is 1. The summed E-state index contributed by atoms with van der Waals surface area (Å²) in [6, 6.07) is 7.47. The molecule has 1 aliphatic heterocycles. The fraction of sp³-hybridized carbons (Fsp3) is 0.278. The minimum atomic E-state index is -0.246. The Hall–Kier alpha value is -3.09. The fourth-order valence-corrected chi connectivity index (χ4v) is 3.25. The fourth-order valence-electron chi connectivity index (χ4n) is 3.25. The Morgan fingerprint density at radius 3 is 2.64 bits per heavy atom. The third-order valence-electron chi connectivity index (χ3n) is 4.61. The number of carbonyl (C=O) groups is 1. The van der Waals surface area contributed by atoms with E-state index in [2.05, 4.69) is 15.0 Å². The van der Waals surface area contributed by atoms with Gasteiger partial charge in [0.05, 0.1) is 19.1 Å². The summed E-state index contributed by atoms with van der Waals surface area (Å²) in [5.41, 5.74) is 2.56. The van der Waals surface area contributed by atoms with Crippen molar-refractivity contribution < 1.29 is 9.53 Å². The van der Waals surface area contributed by atoms with Crippen molar-refractivity contribution in [3.8, 4) is 28.5 Å². The lowest BCUT2D eigenvalue weighted by Gasteiger charge is -2.15. The highest BCUT2D eigenvalue weighted by molar-refractivity contribution is 5.84. The number of aromatic amines is 1. The van der Waals surface area contributed by atoms with Gasteiger partial charge in [-0.3, -0.25) is 4.79 Å². The van der Waals surface area contributed by atoms with Crippen molar-refractivity contribution in [2.45, 2.75) is 12.5 Å². The van der Waals surface area contributed by atoms with Gasteiger partial charge < -0.3 is 19.2 Å². The summed E-state index contributed by atoms with van der Waals surface area (Å²) in [5, 5.41) is 0. The van der Waals surface area contributed by atoms with Crippen molar-refractivity contribution in [2.24, 2.45) is 0 Å². The summed E-state index contributed by atoms with van der Waals surface area (Å²) in [7, 11) is 3.47. The molecule has 0 spiro atoms. The van der Waals surface area contributed by atoms with Crippen LogP contribution in [0.4, 0.5) is 0 Å². The van der Waals surface area contributed by atoms with E-state index >= 15 is 0 Å². The van der Waals surface area contributed by atoms with Crippen LogP contribution in [-0.2, 0) is 4.79 Å². The lowest BCUT2D eigenvalue weighted by molar-refractivity contribution is -0.129.